The maximum Gasteiger partial charge on any atom is 0.0998 e. The fraction of sp³-hybridized carbons (Fsp3) is 0. The molecule has 0 aliphatic heterocycles. The van der Waals surface area contributed by atoms with E-state index in [4.69, 9.17) is 0 Å². The van der Waals surface area contributed by atoms with E-state index in [-0.39, 0.29) is 0 Å². The minimum atomic E-state index is 0.590. The standard InChI is InChI=1S/C36H24N2/c37-25-33(27-13-5-1-6-14-27)21-31-23-36(30-19-11-4-12-20-30)32(24-35(31)29-17-9-3-10-18-29)22-34(26-38)28-15-7-2-8-16-28/h1-24H/b33-21-,34-22+. The van der Waals surface area contributed by atoms with Gasteiger partial charge < -0.3 is 0 Å². The number of allylic oxidation sites excluding steroid dienone is 2. The van der Waals surface area contributed by atoms with E-state index in [1.165, 1.54) is 0 Å². The lowest BCUT2D eigenvalue weighted by Crippen LogP contribution is -1.93. The highest BCUT2D eigenvalue weighted by atomic mass is 14.3. The smallest absolute Gasteiger partial charge is 0.0998 e. The summed E-state index contributed by atoms with van der Waals surface area (Å²) in [6, 6.07) is 48.8. The molecule has 2 nitrogen and oxygen atoms in total. The molecule has 0 radical (unpaired) electrons. The van der Waals surface area contributed by atoms with Crippen LogP contribution in [0, 0.1) is 22.7 Å². The molecule has 178 valence electrons. The van der Waals surface area contributed by atoms with Crippen molar-refractivity contribution < 1.29 is 0 Å². The fourth-order valence-electron chi connectivity index (χ4n) is 4.51. The van der Waals surface area contributed by atoms with Gasteiger partial charge in [-0.05, 0) is 68.8 Å². The number of nitrogens with zero attached hydrogens (tertiary/aromatic N) is 2. The van der Waals surface area contributed by atoms with Gasteiger partial charge in [0.2, 0.25) is 0 Å². The summed E-state index contributed by atoms with van der Waals surface area (Å²) in [5, 5.41) is 20.1. The lowest BCUT2D eigenvalue weighted by Gasteiger charge is -2.15. The van der Waals surface area contributed by atoms with Gasteiger partial charge in [-0.1, -0.05) is 121 Å². The molecule has 0 spiro atoms. The van der Waals surface area contributed by atoms with Crippen LogP contribution in [0.5, 0.6) is 0 Å². The molecule has 0 unspecified atom stereocenters. The SMILES string of the molecule is N#C/C(=C\c1cc(-c2ccccc2)c(/C=C(/C#N)c2ccccc2)cc1-c1ccccc1)c1ccccc1. The third kappa shape index (κ3) is 5.36. The summed E-state index contributed by atoms with van der Waals surface area (Å²) >= 11 is 0. The summed E-state index contributed by atoms with van der Waals surface area (Å²) in [7, 11) is 0. The van der Waals surface area contributed by atoms with Gasteiger partial charge in [0, 0.05) is 0 Å². The summed E-state index contributed by atoms with van der Waals surface area (Å²) < 4.78 is 0. The Kier molecular flexibility index (Phi) is 7.36. The van der Waals surface area contributed by atoms with E-state index in [2.05, 4.69) is 48.5 Å². The first-order valence-electron chi connectivity index (χ1n) is 12.4. The molecule has 0 aromatic heterocycles. The first kappa shape index (κ1) is 24.3. The third-order valence-corrected chi connectivity index (χ3v) is 6.40. The van der Waals surface area contributed by atoms with Crippen LogP contribution in [0.25, 0.3) is 45.6 Å². The molecular formula is C36H24N2. The fourth-order valence-corrected chi connectivity index (χ4v) is 4.51. The molecule has 5 aromatic carbocycles. The van der Waals surface area contributed by atoms with Crippen molar-refractivity contribution >= 4 is 23.3 Å². The van der Waals surface area contributed by atoms with Gasteiger partial charge in [0.25, 0.3) is 0 Å². The van der Waals surface area contributed by atoms with Crippen molar-refractivity contribution in [2.75, 3.05) is 0 Å². The van der Waals surface area contributed by atoms with Crippen molar-refractivity contribution in [3.05, 3.63) is 156 Å². The minimum absolute atomic E-state index is 0.590. The second-order valence-electron chi connectivity index (χ2n) is 8.83. The molecular weight excluding hydrogens is 460 g/mol. The molecule has 0 fully saturated rings. The zero-order valence-electron chi connectivity index (χ0n) is 20.8. The van der Waals surface area contributed by atoms with E-state index >= 15 is 0 Å². The summed E-state index contributed by atoms with van der Waals surface area (Å²) in [6.45, 7) is 0. The number of nitriles is 2. The predicted octanol–water partition coefficient (Wildman–Crippen LogP) is 9.15. The Morgan fingerprint density at radius 1 is 0.447 bits per heavy atom. The Balaban J connectivity index is 1.80. The zero-order valence-corrected chi connectivity index (χ0v) is 20.8. The van der Waals surface area contributed by atoms with E-state index in [1.807, 2.05) is 109 Å². The van der Waals surface area contributed by atoms with E-state index in [1.54, 1.807) is 0 Å². The Hall–Kier alpha value is -5.44. The van der Waals surface area contributed by atoms with Gasteiger partial charge in [-0.3, -0.25) is 0 Å². The van der Waals surface area contributed by atoms with Crippen molar-refractivity contribution in [3.8, 4) is 34.4 Å². The highest BCUT2D eigenvalue weighted by Gasteiger charge is 2.14. The molecule has 0 N–H and O–H groups in total. The number of rotatable bonds is 6. The van der Waals surface area contributed by atoms with Gasteiger partial charge in [-0.25, -0.2) is 0 Å². The Morgan fingerprint density at radius 3 is 1.08 bits per heavy atom. The Bertz CT molecular complexity index is 1550. The number of hydrogen-bond donors (Lipinski definition) is 0. The second-order valence-corrected chi connectivity index (χ2v) is 8.83. The zero-order chi connectivity index (χ0) is 26.2. The van der Waals surface area contributed by atoms with E-state index in [0.717, 1.165) is 44.5 Å². The largest absolute Gasteiger partial charge is 0.192 e. The van der Waals surface area contributed by atoms with Crippen LogP contribution in [-0.2, 0) is 0 Å². The van der Waals surface area contributed by atoms with Crippen LogP contribution >= 0.6 is 0 Å². The monoisotopic (exact) mass is 484 g/mol. The molecule has 0 aliphatic rings. The molecule has 2 heteroatoms. The lowest BCUT2D eigenvalue weighted by atomic mass is 9.88. The minimum Gasteiger partial charge on any atom is -0.192 e. The van der Waals surface area contributed by atoms with Crippen LogP contribution < -0.4 is 0 Å². The second kappa shape index (κ2) is 11.5. The molecule has 0 aliphatic carbocycles. The summed E-state index contributed by atoms with van der Waals surface area (Å²) in [5.41, 5.74) is 8.85. The Labute approximate surface area is 223 Å². The van der Waals surface area contributed by atoms with Gasteiger partial charge >= 0.3 is 0 Å². The van der Waals surface area contributed by atoms with E-state index in [9.17, 15) is 10.5 Å². The molecule has 5 aromatic rings. The predicted molar refractivity (Wildman–Crippen MR) is 157 cm³/mol. The molecule has 0 saturated heterocycles. The molecule has 0 heterocycles. The van der Waals surface area contributed by atoms with Crippen LogP contribution in [0.3, 0.4) is 0 Å². The van der Waals surface area contributed by atoms with Crippen molar-refractivity contribution in [1.82, 2.24) is 0 Å². The van der Waals surface area contributed by atoms with Crippen LogP contribution in [0.2, 0.25) is 0 Å². The van der Waals surface area contributed by atoms with Crippen LogP contribution in [0.4, 0.5) is 0 Å². The Morgan fingerprint density at radius 2 is 0.763 bits per heavy atom. The summed E-state index contributed by atoms with van der Waals surface area (Å²) in [5.74, 6) is 0. The van der Waals surface area contributed by atoms with Crippen LogP contribution in [-0.4, -0.2) is 0 Å². The van der Waals surface area contributed by atoms with E-state index in [0.29, 0.717) is 11.1 Å². The average molecular weight is 485 g/mol. The van der Waals surface area contributed by atoms with Crippen molar-refractivity contribution in [2.24, 2.45) is 0 Å². The molecule has 0 saturated carbocycles. The highest BCUT2D eigenvalue weighted by Crippen LogP contribution is 2.36. The van der Waals surface area contributed by atoms with Crippen molar-refractivity contribution in [2.45, 2.75) is 0 Å². The molecule has 38 heavy (non-hydrogen) atoms. The maximum absolute atomic E-state index is 10.1. The van der Waals surface area contributed by atoms with E-state index < -0.39 is 0 Å². The first-order valence-corrected chi connectivity index (χ1v) is 12.4. The van der Waals surface area contributed by atoms with Gasteiger partial charge in [-0.2, -0.15) is 10.5 Å². The van der Waals surface area contributed by atoms with Gasteiger partial charge in [0.15, 0.2) is 0 Å². The van der Waals surface area contributed by atoms with Gasteiger partial charge in [-0.15, -0.1) is 0 Å². The summed E-state index contributed by atoms with van der Waals surface area (Å²) in [6.07, 6.45) is 3.92. The van der Waals surface area contributed by atoms with Crippen molar-refractivity contribution in [1.29, 1.82) is 10.5 Å². The molecule has 5 rings (SSSR count). The molecule has 0 bridgehead atoms. The lowest BCUT2D eigenvalue weighted by molar-refractivity contribution is 1.51. The first-order chi connectivity index (χ1) is 18.8. The number of hydrogen-bond acceptors (Lipinski definition) is 2. The normalized spacial score (nSPS) is 11.4. The van der Waals surface area contributed by atoms with Crippen molar-refractivity contribution in [3.63, 3.8) is 0 Å². The molecule has 0 atom stereocenters. The number of benzene rings is 5. The quantitative estimate of drug-likeness (QED) is 0.178. The maximum atomic E-state index is 10.1. The van der Waals surface area contributed by atoms with Crippen LogP contribution in [0.1, 0.15) is 22.3 Å². The topological polar surface area (TPSA) is 47.6 Å². The molecule has 0 amide bonds. The summed E-state index contributed by atoms with van der Waals surface area (Å²) in [4.78, 5) is 0. The highest BCUT2D eigenvalue weighted by molar-refractivity contribution is 5.98. The van der Waals surface area contributed by atoms with Crippen LogP contribution in [0.15, 0.2) is 133 Å². The van der Waals surface area contributed by atoms with Gasteiger partial charge in [0.05, 0.1) is 23.3 Å². The average Bonchev–Trinajstić information content (AvgIpc) is 3.00. The third-order valence-electron chi connectivity index (χ3n) is 6.40. The van der Waals surface area contributed by atoms with Gasteiger partial charge in [0.1, 0.15) is 0 Å².